The van der Waals surface area contributed by atoms with Gasteiger partial charge in [0.05, 0.1) is 26.0 Å². The Morgan fingerprint density at radius 2 is 1.89 bits per heavy atom. The maximum Gasteiger partial charge on any atom is 0.209 e. The van der Waals surface area contributed by atoms with Gasteiger partial charge in [-0.1, -0.05) is 48.5 Å². The molecule has 2 heterocycles. The Kier molecular flexibility index (Phi) is 6.04. The Labute approximate surface area is 165 Å². The van der Waals surface area contributed by atoms with E-state index in [2.05, 4.69) is 16.0 Å². The lowest BCUT2D eigenvalue weighted by Gasteiger charge is -2.24. The molecule has 0 aliphatic carbocycles. The van der Waals surface area contributed by atoms with E-state index in [-0.39, 0.29) is 6.10 Å². The third-order valence-corrected chi connectivity index (χ3v) is 5.04. The van der Waals surface area contributed by atoms with E-state index in [1.54, 1.807) is 13.3 Å². The summed E-state index contributed by atoms with van der Waals surface area (Å²) in [7, 11) is 1.71. The summed E-state index contributed by atoms with van der Waals surface area (Å²) in [4.78, 5) is 6.84. The van der Waals surface area contributed by atoms with E-state index in [0.717, 1.165) is 55.2 Å². The second-order valence-corrected chi connectivity index (χ2v) is 7.10. The van der Waals surface area contributed by atoms with Crippen LogP contribution in [0.3, 0.4) is 0 Å². The van der Waals surface area contributed by atoms with Crippen LogP contribution in [0, 0.1) is 0 Å². The predicted molar refractivity (Wildman–Crippen MR) is 108 cm³/mol. The van der Waals surface area contributed by atoms with Crippen LogP contribution in [-0.4, -0.2) is 36.2 Å². The van der Waals surface area contributed by atoms with Crippen molar-refractivity contribution in [2.45, 2.75) is 32.0 Å². The molecule has 2 aromatic carbocycles. The largest absolute Gasteiger partial charge is 0.496 e. The van der Waals surface area contributed by atoms with Gasteiger partial charge in [0.25, 0.3) is 0 Å². The fourth-order valence-corrected chi connectivity index (χ4v) is 3.65. The molecule has 146 valence electrons. The number of nitrogens with zero attached hydrogens (tertiary/aromatic N) is 2. The van der Waals surface area contributed by atoms with Crippen LogP contribution in [0.4, 0.5) is 0 Å². The summed E-state index contributed by atoms with van der Waals surface area (Å²) in [6, 6.07) is 18.2. The van der Waals surface area contributed by atoms with E-state index < -0.39 is 0 Å². The topological polar surface area (TPSA) is 47.7 Å². The number of benzene rings is 2. The molecule has 4 rings (SSSR count). The van der Waals surface area contributed by atoms with Gasteiger partial charge in [0.1, 0.15) is 5.75 Å². The van der Waals surface area contributed by atoms with Gasteiger partial charge in [0.2, 0.25) is 5.89 Å². The number of aromatic nitrogens is 1. The van der Waals surface area contributed by atoms with Crippen molar-refractivity contribution in [2.75, 3.05) is 20.3 Å². The van der Waals surface area contributed by atoms with E-state index in [1.165, 1.54) is 0 Å². The zero-order valence-electron chi connectivity index (χ0n) is 16.2. The van der Waals surface area contributed by atoms with Crippen molar-refractivity contribution < 1.29 is 13.9 Å². The molecule has 1 fully saturated rings. The number of oxazole rings is 1. The summed E-state index contributed by atoms with van der Waals surface area (Å²) >= 11 is 0. The molecular formula is C23H26N2O3. The second kappa shape index (κ2) is 9.04. The first-order valence-electron chi connectivity index (χ1n) is 9.78. The molecule has 1 aliphatic rings. The number of ether oxygens (including phenoxy) is 2. The first-order valence-corrected chi connectivity index (χ1v) is 9.78. The molecule has 0 spiro atoms. The van der Waals surface area contributed by atoms with Crippen molar-refractivity contribution in [3.8, 4) is 17.1 Å². The fourth-order valence-electron chi connectivity index (χ4n) is 3.65. The smallest absolute Gasteiger partial charge is 0.209 e. The van der Waals surface area contributed by atoms with Crippen LogP contribution in [0.1, 0.15) is 24.3 Å². The van der Waals surface area contributed by atoms with Crippen LogP contribution in [0.25, 0.3) is 11.3 Å². The van der Waals surface area contributed by atoms with E-state index in [1.807, 2.05) is 48.5 Å². The molecular weight excluding hydrogens is 352 g/mol. The maximum atomic E-state index is 6.03. The van der Waals surface area contributed by atoms with Crippen LogP contribution in [0.2, 0.25) is 0 Å². The van der Waals surface area contributed by atoms with Crippen molar-refractivity contribution >= 4 is 0 Å². The molecule has 5 nitrogen and oxygen atoms in total. The minimum absolute atomic E-state index is 0.262. The summed E-state index contributed by atoms with van der Waals surface area (Å²) in [5, 5.41) is 0. The predicted octanol–water partition coefficient (Wildman–Crippen LogP) is 4.53. The summed E-state index contributed by atoms with van der Waals surface area (Å²) in [6.07, 6.45) is 4.30. The number of methoxy groups -OCH3 is 1. The molecule has 28 heavy (non-hydrogen) atoms. The van der Waals surface area contributed by atoms with Crippen LogP contribution in [0.5, 0.6) is 5.75 Å². The SMILES string of the molecule is COc1ccccc1CN(Cc1ncc(-c2ccccc2)o1)CC1CCCO1. The fraction of sp³-hybridized carbons (Fsp3) is 0.348. The first-order chi connectivity index (χ1) is 13.8. The number of hydrogen-bond acceptors (Lipinski definition) is 5. The minimum Gasteiger partial charge on any atom is -0.496 e. The Balaban J connectivity index is 1.51. The molecule has 1 saturated heterocycles. The average molecular weight is 378 g/mol. The number of para-hydroxylation sites is 1. The van der Waals surface area contributed by atoms with Crippen LogP contribution in [0.15, 0.2) is 65.2 Å². The molecule has 1 unspecified atom stereocenters. The van der Waals surface area contributed by atoms with Gasteiger partial charge >= 0.3 is 0 Å². The highest BCUT2D eigenvalue weighted by Gasteiger charge is 2.22. The summed E-state index contributed by atoms with van der Waals surface area (Å²) in [6.45, 7) is 3.09. The van der Waals surface area contributed by atoms with E-state index in [4.69, 9.17) is 13.9 Å². The van der Waals surface area contributed by atoms with Gasteiger partial charge in [-0.05, 0) is 18.9 Å². The van der Waals surface area contributed by atoms with Gasteiger partial charge in [0, 0.05) is 30.8 Å². The molecule has 1 atom stereocenters. The van der Waals surface area contributed by atoms with Crippen LogP contribution in [-0.2, 0) is 17.8 Å². The zero-order chi connectivity index (χ0) is 19.2. The molecule has 0 radical (unpaired) electrons. The third kappa shape index (κ3) is 4.61. The molecule has 0 saturated carbocycles. The normalized spacial score (nSPS) is 16.6. The average Bonchev–Trinajstić information content (AvgIpc) is 3.41. The zero-order valence-corrected chi connectivity index (χ0v) is 16.2. The summed E-state index contributed by atoms with van der Waals surface area (Å²) in [5.41, 5.74) is 2.19. The van der Waals surface area contributed by atoms with E-state index in [0.29, 0.717) is 12.4 Å². The first kappa shape index (κ1) is 18.7. The van der Waals surface area contributed by atoms with Gasteiger partial charge in [-0.2, -0.15) is 0 Å². The van der Waals surface area contributed by atoms with Gasteiger partial charge < -0.3 is 13.9 Å². The van der Waals surface area contributed by atoms with Crippen molar-refractivity contribution in [1.29, 1.82) is 0 Å². The lowest BCUT2D eigenvalue weighted by atomic mass is 10.1. The highest BCUT2D eigenvalue weighted by atomic mass is 16.5. The molecule has 0 amide bonds. The highest BCUT2D eigenvalue weighted by molar-refractivity contribution is 5.55. The monoisotopic (exact) mass is 378 g/mol. The number of hydrogen-bond donors (Lipinski definition) is 0. The minimum atomic E-state index is 0.262. The van der Waals surface area contributed by atoms with Crippen molar-refractivity contribution in [2.24, 2.45) is 0 Å². The van der Waals surface area contributed by atoms with Gasteiger partial charge in [-0.25, -0.2) is 4.98 Å². The second-order valence-electron chi connectivity index (χ2n) is 7.10. The quantitative estimate of drug-likeness (QED) is 0.576. The summed E-state index contributed by atoms with van der Waals surface area (Å²) in [5.74, 6) is 2.41. The Hall–Kier alpha value is -2.63. The van der Waals surface area contributed by atoms with E-state index in [9.17, 15) is 0 Å². The maximum absolute atomic E-state index is 6.03. The molecule has 3 aromatic rings. The lowest BCUT2D eigenvalue weighted by molar-refractivity contribution is 0.0646. The Morgan fingerprint density at radius 1 is 1.07 bits per heavy atom. The standard InChI is InChI=1S/C23H26N2O3/c1-26-21-12-6-5-10-19(21)15-25(16-20-11-7-13-27-20)17-23-24-14-22(28-23)18-8-3-2-4-9-18/h2-6,8-10,12,14,20H,7,11,13,15-17H2,1H3. The van der Waals surface area contributed by atoms with Gasteiger partial charge in [-0.15, -0.1) is 0 Å². The number of rotatable bonds is 8. The highest BCUT2D eigenvalue weighted by Crippen LogP contribution is 2.24. The van der Waals surface area contributed by atoms with Crippen molar-refractivity contribution in [3.63, 3.8) is 0 Å². The Morgan fingerprint density at radius 3 is 2.68 bits per heavy atom. The van der Waals surface area contributed by atoms with Crippen LogP contribution >= 0.6 is 0 Å². The molecule has 0 N–H and O–H groups in total. The molecule has 1 aromatic heterocycles. The van der Waals surface area contributed by atoms with Crippen LogP contribution < -0.4 is 4.74 Å². The molecule has 1 aliphatic heterocycles. The van der Waals surface area contributed by atoms with Gasteiger partial charge in [0.15, 0.2) is 5.76 Å². The molecule has 5 heteroatoms. The van der Waals surface area contributed by atoms with E-state index >= 15 is 0 Å². The lowest BCUT2D eigenvalue weighted by Crippen LogP contribution is -2.31. The van der Waals surface area contributed by atoms with Crippen molar-refractivity contribution in [3.05, 3.63) is 72.2 Å². The van der Waals surface area contributed by atoms with Crippen molar-refractivity contribution in [1.82, 2.24) is 9.88 Å². The molecule has 0 bridgehead atoms. The Bertz CT molecular complexity index is 872. The summed E-state index contributed by atoms with van der Waals surface area (Å²) < 4.78 is 17.4. The van der Waals surface area contributed by atoms with Gasteiger partial charge in [-0.3, -0.25) is 4.90 Å². The third-order valence-electron chi connectivity index (χ3n) is 5.04.